The minimum absolute atomic E-state index is 0.0562. The third-order valence-electron chi connectivity index (χ3n) is 3.78. The van der Waals surface area contributed by atoms with Crippen LogP contribution < -0.4 is 4.72 Å². The zero-order valence-corrected chi connectivity index (χ0v) is 13.8. The monoisotopic (exact) mass is 336 g/mol. The molecule has 2 aromatic heterocycles. The second kappa shape index (κ2) is 6.77. The lowest BCUT2D eigenvalue weighted by Gasteiger charge is -2.22. The number of hydrogen-bond acceptors (Lipinski definition) is 5. The second-order valence-corrected chi connectivity index (χ2v) is 7.52. The Labute approximate surface area is 135 Å². The van der Waals surface area contributed by atoms with E-state index in [4.69, 9.17) is 4.74 Å². The largest absolute Gasteiger partial charge is 0.370 e. The minimum Gasteiger partial charge on any atom is -0.370 e. The Morgan fingerprint density at radius 2 is 2.30 bits per heavy atom. The van der Waals surface area contributed by atoms with Crippen molar-refractivity contribution in [3.05, 3.63) is 47.5 Å². The number of fused-ring (bicyclic) bond motifs is 1. The molecule has 0 aliphatic carbocycles. The highest BCUT2D eigenvalue weighted by atomic mass is 32.2. The highest BCUT2D eigenvalue weighted by Gasteiger charge is 2.26. The summed E-state index contributed by atoms with van der Waals surface area (Å²) in [6, 6.07) is 5.77. The molecule has 8 heteroatoms. The summed E-state index contributed by atoms with van der Waals surface area (Å²) in [7, 11) is -3.24. The van der Waals surface area contributed by atoms with Gasteiger partial charge >= 0.3 is 0 Å². The van der Waals surface area contributed by atoms with Crippen LogP contribution in [-0.2, 0) is 27.7 Å². The fourth-order valence-electron chi connectivity index (χ4n) is 2.53. The van der Waals surface area contributed by atoms with Crippen molar-refractivity contribution >= 4 is 10.0 Å². The lowest BCUT2D eigenvalue weighted by atomic mass is 10.1. The summed E-state index contributed by atoms with van der Waals surface area (Å²) in [5, 5.41) is 4.57. The van der Waals surface area contributed by atoms with Crippen molar-refractivity contribution in [2.45, 2.75) is 26.0 Å². The molecule has 0 fully saturated rings. The van der Waals surface area contributed by atoms with Gasteiger partial charge in [0.25, 0.3) is 0 Å². The number of aromatic nitrogens is 3. The van der Waals surface area contributed by atoms with Gasteiger partial charge in [-0.1, -0.05) is 6.07 Å². The summed E-state index contributed by atoms with van der Waals surface area (Å²) in [5.74, 6) is 0.0562. The first-order chi connectivity index (χ1) is 11.1. The first-order valence-corrected chi connectivity index (χ1v) is 9.27. The molecule has 0 saturated carbocycles. The molecule has 7 nitrogen and oxygen atoms in total. The number of nitrogens with one attached hydrogen (secondary N) is 1. The summed E-state index contributed by atoms with van der Waals surface area (Å²) < 4.78 is 33.3. The van der Waals surface area contributed by atoms with E-state index in [0.29, 0.717) is 13.2 Å². The van der Waals surface area contributed by atoms with Crippen molar-refractivity contribution in [2.24, 2.45) is 0 Å². The van der Waals surface area contributed by atoms with Gasteiger partial charge < -0.3 is 4.74 Å². The first kappa shape index (κ1) is 16.1. The highest BCUT2D eigenvalue weighted by Crippen LogP contribution is 2.25. The van der Waals surface area contributed by atoms with E-state index in [2.05, 4.69) is 14.8 Å². The molecule has 0 aromatic carbocycles. The summed E-state index contributed by atoms with van der Waals surface area (Å²) >= 11 is 0. The maximum atomic E-state index is 11.6. The Hall–Kier alpha value is -1.77. The molecule has 3 rings (SSSR count). The molecular weight excluding hydrogens is 316 g/mol. The van der Waals surface area contributed by atoms with E-state index in [1.54, 1.807) is 13.1 Å². The molecule has 0 spiro atoms. The van der Waals surface area contributed by atoms with Crippen LogP contribution in [0.25, 0.3) is 0 Å². The van der Waals surface area contributed by atoms with Crippen molar-refractivity contribution in [1.29, 1.82) is 0 Å². The molecule has 0 amide bonds. The van der Waals surface area contributed by atoms with Crippen LogP contribution in [0.4, 0.5) is 0 Å². The molecule has 124 valence electrons. The van der Waals surface area contributed by atoms with Crippen LogP contribution in [0.5, 0.6) is 0 Å². The van der Waals surface area contributed by atoms with Crippen molar-refractivity contribution in [2.75, 3.05) is 18.9 Å². The van der Waals surface area contributed by atoms with Crippen molar-refractivity contribution in [1.82, 2.24) is 19.5 Å². The van der Waals surface area contributed by atoms with Gasteiger partial charge in [-0.2, -0.15) is 5.10 Å². The first-order valence-electron chi connectivity index (χ1n) is 7.62. The van der Waals surface area contributed by atoms with Gasteiger partial charge in [0.1, 0.15) is 6.10 Å². The van der Waals surface area contributed by atoms with Crippen molar-refractivity contribution < 1.29 is 13.2 Å². The summed E-state index contributed by atoms with van der Waals surface area (Å²) in [6.07, 6.45) is 4.19. The van der Waals surface area contributed by atoms with E-state index in [-0.39, 0.29) is 18.4 Å². The average Bonchev–Trinajstić information content (AvgIpc) is 2.97. The quantitative estimate of drug-likeness (QED) is 0.846. The van der Waals surface area contributed by atoms with Crippen molar-refractivity contribution in [3.8, 4) is 0 Å². The molecule has 0 radical (unpaired) electrons. The van der Waals surface area contributed by atoms with Crippen LogP contribution in [0.2, 0.25) is 0 Å². The van der Waals surface area contributed by atoms with E-state index < -0.39 is 10.0 Å². The second-order valence-electron chi connectivity index (χ2n) is 5.42. The molecular formula is C15H20N4O3S. The van der Waals surface area contributed by atoms with Crippen LogP contribution in [0.1, 0.15) is 30.0 Å². The average molecular weight is 336 g/mol. The number of hydrogen-bond donors (Lipinski definition) is 1. The third kappa shape index (κ3) is 3.95. The number of sulfonamides is 1. The van der Waals surface area contributed by atoms with Gasteiger partial charge in [-0.3, -0.25) is 9.67 Å². The summed E-state index contributed by atoms with van der Waals surface area (Å²) in [4.78, 5) is 4.30. The maximum Gasteiger partial charge on any atom is 0.211 e. The van der Waals surface area contributed by atoms with E-state index in [1.165, 1.54) is 0 Å². The molecule has 3 heterocycles. The molecule has 1 unspecified atom stereocenters. The fraction of sp³-hybridized carbons (Fsp3) is 0.467. The lowest BCUT2D eigenvalue weighted by molar-refractivity contribution is 0.0430. The standard InChI is InChI=1S/C15H20N4O3S/c1-2-23(20,21)17-9-14-15-12(6-8-22-14)10-19(18-15)11-13-5-3-4-7-16-13/h3-5,7,10,14,17H,2,6,8-9,11H2,1H3. The van der Waals surface area contributed by atoms with Gasteiger partial charge in [-0.15, -0.1) is 0 Å². The number of rotatable bonds is 6. The Kier molecular flexibility index (Phi) is 4.74. The minimum atomic E-state index is -3.24. The van der Waals surface area contributed by atoms with Gasteiger partial charge in [0.15, 0.2) is 0 Å². The molecule has 2 aromatic rings. The van der Waals surface area contributed by atoms with Gasteiger partial charge in [-0.25, -0.2) is 13.1 Å². The maximum absolute atomic E-state index is 11.6. The Morgan fingerprint density at radius 1 is 1.43 bits per heavy atom. The molecule has 1 aliphatic rings. The van der Waals surface area contributed by atoms with Crippen LogP contribution >= 0.6 is 0 Å². The predicted octanol–water partition coefficient (Wildman–Crippen LogP) is 0.879. The number of pyridine rings is 1. The molecule has 0 bridgehead atoms. The van der Waals surface area contributed by atoms with Crippen LogP contribution in [0, 0.1) is 0 Å². The predicted molar refractivity (Wildman–Crippen MR) is 85.4 cm³/mol. The molecule has 1 aliphatic heterocycles. The smallest absolute Gasteiger partial charge is 0.211 e. The Balaban J connectivity index is 1.74. The van der Waals surface area contributed by atoms with Crippen LogP contribution in [0.15, 0.2) is 30.6 Å². The molecule has 23 heavy (non-hydrogen) atoms. The van der Waals surface area contributed by atoms with Gasteiger partial charge in [0.2, 0.25) is 10.0 Å². The zero-order chi connectivity index (χ0) is 16.3. The molecule has 1 N–H and O–H groups in total. The van der Waals surface area contributed by atoms with Gasteiger partial charge in [0, 0.05) is 18.9 Å². The summed E-state index contributed by atoms with van der Waals surface area (Å²) in [5.41, 5.74) is 2.84. The van der Waals surface area contributed by atoms with E-state index >= 15 is 0 Å². The van der Waals surface area contributed by atoms with Gasteiger partial charge in [0.05, 0.1) is 30.3 Å². The number of nitrogens with zero attached hydrogens (tertiary/aromatic N) is 3. The number of ether oxygens (including phenoxy) is 1. The third-order valence-corrected chi connectivity index (χ3v) is 5.15. The van der Waals surface area contributed by atoms with Crippen LogP contribution in [-0.4, -0.2) is 42.1 Å². The van der Waals surface area contributed by atoms with Gasteiger partial charge in [-0.05, 0) is 31.0 Å². The summed E-state index contributed by atoms with van der Waals surface area (Å²) in [6.45, 7) is 2.98. The lowest BCUT2D eigenvalue weighted by Crippen LogP contribution is -2.32. The topological polar surface area (TPSA) is 86.1 Å². The normalized spacial score (nSPS) is 17.9. The SMILES string of the molecule is CCS(=O)(=O)NCC1OCCc2cn(Cc3ccccn3)nc21. The fourth-order valence-corrected chi connectivity index (χ4v) is 3.14. The van der Waals surface area contributed by atoms with E-state index in [0.717, 1.165) is 23.4 Å². The van der Waals surface area contributed by atoms with E-state index in [1.807, 2.05) is 29.1 Å². The molecule has 0 saturated heterocycles. The zero-order valence-electron chi connectivity index (χ0n) is 13.0. The van der Waals surface area contributed by atoms with Crippen molar-refractivity contribution in [3.63, 3.8) is 0 Å². The Morgan fingerprint density at radius 3 is 3.04 bits per heavy atom. The molecule has 1 atom stereocenters. The van der Waals surface area contributed by atoms with Crippen LogP contribution in [0.3, 0.4) is 0 Å². The van der Waals surface area contributed by atoms with E-state index in [9.17, 15) is 8.42 Å². The highest BCUT2D eigenvalue weighted by molar-refractivity contribution is 7.89. The Bertz CT molecular complexity index is 758.